The summed E-state index contributed by atoms with van der Waals surface area (Å²) < 4.78 is 17.8. The minimum atomic E-state index is -0.402. The van der Waals surface area contributed by atoms with E-state index < -0.39 is 5.82 Å². The minimum Gasteiger partial charge on any atom is -0.453 e. The number of aromatic nitrogens is 3. The standard InChI is InChI=1S/C16H18ClFN4O2/c1-9-8-22(16(23)24-2)6-5-11(9)13-14(17)21-15(20-13)12-4-3-10(18)7-19-12/h3-4,7,9,11H,5-6,8H2,1-2H3,(H,20,21)/t9-,11+/m0/s1. The Kier molecular flexibility index (Phi) is 4.71. The van der Waals surface area contributed by atoms with E-state index in [0.717, 1.165) is 18.3 Å². The van der Waals surface area contributed by atoms with E-state index in [2.05, 4.69) is 21.9 Å². The Hall–Kier alpha value is -2.15. The van der Waals surface area contributed by atoms with Crippen LogP contribution < -0.4 is 0 Å². The number of amides is 1. The summed E-state index contributed by atoms with van der Waals surface area (Å²) in [6, 6.07) is 2.88. The van der Waals surface area contributed by atoms with Gasteiger partial charge in [0, 0.05) is 19.0 Å². The second kappa shape index (κ2) is 6.76. The Labute approximate surface area is 144 Å². The van der Waals surface area contributed by atoms with Gasteiger partial charge in [0.05, 0.1) is 19.0 Å². The Morgan fingerprint density at radius 3 is 2.92 bits per heavy atom. The van der Waals surface area contributed by atoms with Crippen LogP contribution in [0.3, 0.4) is 0 Å². The van der Waals surface area contributed by atoms with Crippen molar-refractivity contribution in [2.24, 2.45) is 5.92 Å². The number of likely N-dealkylation sites (tertiary alicyclic amines) is 1. The highest BCUT2D eigenvalue weighted by Crippen LogP contribution is 2.36. The fourth-order valence-electron chi connectivity index (χ4n) is 3.12. The first-order chi connectivity index (χ1) is 11.5. The number of imidazole rings is 1. The molecule has 128 valence electrons. The van der Waals surface area contributed by atoms with Crippen molar-refractivity contribution in [1.29, 1.82) is 0 Å². The topological polar surface area (TPSA) is 71.1 Å². The van der Waals surface area contributed by atoms with Gasteiger partial charge in [-0.05, 0) is 24.5 Å². The zero-order valence-corrected chi connectivity index (χ0v) is 14.2. The van der Waals surface area contributed by atoms with Gasteiger partial charge in [-0.15, -0.1) is 0 Å². The van der Waals surface area contributed by atoms with E-state index >= 15 is 0 Å². The fourth-order valence-corrected chi connectivity index (χ4v) is 3.39. The number of nitrogens with one attached hydrogen (secondary N) is 1. The number of rotatable bonds is 2. The lowest BCUT2D eigenvalue weighted by molar-refractivity contribution is 0.0983. The quantitative estimate of drug-likeness (QED) is 0.898. The van der Waals surface area contributed by atoms with E-state index in [1.54, 1.807) is 11.0 Å². The number of hydrogen-bond acceptors (Lipinski definition) is 4. The SMILES string of the molecule is COC(=O)N1CC[C@@H](c2[nH]c(-c3ccc(F)cn3)nc2Cl)[C@@H](C)C1. The van der Waals surface area contributed by atoms with Crippen molar-refractivity contribution in [3.8, 4) is 11.5 Å². The normalized spacial score (nSPS) is 20.9. The summed E-state index contributed by atoms with van der Waals surface area (Å²) in [6.45, 7) is 3.25. The summed E-state index contributed by atoms with van der Waals surface area (Å²) in [5, 5.41) is 0.388. The lowest BCUT2D eigenvalue weighted by Crippen LogP contribution is -2.42. The van der Waals surface area contributed by atoms with Crippen molar-refractivity contribution < 1.29 is 13.9 Å². The van der Waals surface area contributed by atoms with Crippen molar-refractivity contribution in [2.45, 2.75) is 19.3 Å². The molecule has 1 fully saturated rings. The highest BCUT2D eigenvalue weighted by Gasteiger charge is 2.32. The molecule has 1 aliphatic rings. The van der Waals surface area contributed by atoms with Crippen LogP contribution >= 0.6 is 11.6 Å². The second-order valence-corrected chi connectivity index (χ2v) is 6.30. The van der Waals surface area contributed by atoms with Crippen LogP contribution in [-0.2, 0) is 4.74 Å². The van der Waals surface area contributed by atoms with Gasteiger partial charge in [0.15, 0.2) is 11.0 Å². The Morgan fingerprint density at radius 1 is 1.50 bits per heavy atom. The number of H-pyrrole nitrogens is 1. The number of halogens is 2. The summed E-state index contributed by atoms with van der Waals surface area (Å²) >= 11 is 6.30. The number of carbonyl (C=O) groups excluding carboxylic acids is 1. The largest absolute Gasteiger partial charge is 0.453 e. The van der Waals surface area contributed by atoms with E-state index in [1.807, 2.05) is 0 Å². The van der Waals surface area contributed by atoms with Crippen LogP contribution in [0.15, 0.2) is 18.3 Å². The number of piperidine rings is 1. The number of carbonyl (C=O) groups is 1. The molecule has 0 saturated carbocycles. The first kappa shape index (κ1) is 16.7. The van der Waals surface area contributed by atoms with Gasteiger partial charge in [-0.2, -0.15) is 0 Å². The summed E-state index contributed by atoms with van der Waals surface area (Å²) in [4.78, 5) is 24.9. The molecule has 6 nitrogen and oxygen atoms in total. The number of aromatic amines is 1. The van der Waals surface area contributed by atoms with Crippen LogP contribution in [0.2, 0.25) is 5.15 Å². The molecule has 8 heteroatoms. The smallest absolute Gasteiger partial charge is 0.409 e. The molecule has 2 aromatic heterocycles. The highest BCUT2D eigenvalue weighted by atomic mass is 35.5. The van der Waals surface area contributed by atoms with Gasteiger partial charge in [0.25, 0.3) is 0 Å². The van der Waals surface area contributed by atoms with Gasteiger partial charge < -0.3 is 14.6 Å². The third-order valence-corrected chi connectivity index (χ3v) is 4.65. The number of ether oxygens (including phenoxy) is 1. The summed E-state index contributed by atoms with van der Waals surface area (Å²) in [5.74, 6) is 0.461. The third kappa shape index (κ3) is 3.21. The molecule has 1 saturated heterocycles. The molecule has 0 spiro atoms. The number of pyridine rings is 1. The maximum Gasteiger partial charge on any atom is 0.409 e. The highest BCUT2D eigenvalue weighted by molar-refractivity contribution is 6.30. The van der Waals surface area contributed by atoms with Crippen molar-refractivity contribution in [1.82, 2.24) is 19.9 Å². The third-order valence-electron chi connectivity index (χ3n) is 4.36. The van der Waals surface area contributed by atoms with E-state index in [1.165, 1.54) is 13.2 Å². The monoisotopic (exact) mass is 352 g/mol. The maximum atomic E-state index is 13.0. The molecule has 2 atom stereocenters. The molecule has 0 radical (unpaired) electrons. The van der Waals surface area contributed by atoms with Crippen LogP contribution in [0, 0.1) is 11.7 Å². The maximum absolute atomic E-state index is 13.0. The number of nitrogens with zero attached hydrogens (tertiary/aromatic N) is 3. The average molecular weight is 353 g/mol. The van der Waals surface area contributed by atoms with Crippen molar-refractivity contribution in [3.05, 3.63) is 35.0 Å². The van der Waals surface area contributed by atoms with Gasteiger partial charge in [0.1, 0.15) is 11.5 Å². The Balaban J connectivity index is 1.80. The van der Waals surface area contributed by atoms with E-state index in [4.69, 9.17) is 16.3 Å². The number of hydrogen-bond donors (Lipinski definition) is 1. The molecule has 0 bridgehead atoms. The Morgan fingerprint density at radius 2 is 2.29 bits per heavy atom. The van der Waals surface area contributed by atoms with Crippen molar-refractivity contribution in [3.63, 3.8) is 0 Å². The molecule has 1 N–H and O–H groups in total. The van der Waals surface area contributed by atoms with E-state index in [9.17, 15) is 9.18 Å². The molecule has 3 heterocycles. The fraction of sp³-hybridized carbons (Fsp3) is 0.438. The summed E-state index contributed by atoms with van der Waals surface area (Å²) in [5.41, 5.74) is 1.36. The zero-order valence-electron chi connectivity index (χ0n) is 13.4. The summed E-state index contributed by atoms with van der Waals surface area (Å²) in [6.07, 6.45) is 1.59. The van der Waals surface area contributed by atoms with E-state index in [-0.39, 0.29) is 17.9 Å². The zero-order chi connectivity index (χ0) is 17.3. The molecular formula is C16H18ClFN4O2. The average Bonchev–Trinajstić information content (AvgIpc) is 2.96. The van der Waals surface area contributed by atoms with Crippen LogP contribution in [0.1, 0.15) is 25.0 Å². The van der Waals surface area contributed by atoms with Gasteiger partial charge in [-0.3, -0.25) is 0 Å². The number of methoxy groups -OCH3 is 1. The molecule has 2 aromatic rings. The van der Waals surface area contributed by atoms with Crippen molar-refractivity contribution >= 4 is 17.7 Å². The molecule has 1 aliphatic heterocycles. The van der Waals surface area contributed by atoms with Crippen molar-refractivity contribution in [2.75, 3.05) is 20.2 Å². The molecule has 0 aromatic carbocycles. The van der Waals surface area contributed by atoms with Crippen LogP contribution in [0.25, 0.3) is 11.5 Å². The first-order valence-corrected chi connectivity index (χ1v) is 8.07. The van der Waals surface area contributed by atoms with Gasteiger partial charge in [-0.1, -0.05) is 18.5 Å². The predicted molar refractivity (Wildman–Crippen MR) is 87.3 cm³/mol. The summed E-state index contributed by atoms with van der Waals surface area (Å²) in [7, 11) is 1.38. The van der Waals surface area contributed by atoms with E-state index in [0.29, 0.717) is 29.8 Å². The van der Waals surface area contributed by atoms with Gasteiger partial charge in [0.2, 0.25) is 0 Å². The molecule has 0 unspecified atom stereocenters. The van der Waals surface area contributed by atoms with Crippen LogP contribution in [0.4, 0.5) is 9.18 Å². The second-order valence-electron chi connectivity index (χ2n) is 5.94. The molecule has 3 rings (SSSR count). The van der Waals surface area contributed by atoms with Crippen LogP contribution in [-0.4, -0.2) is 46.1 Å². The van der Waals surface area contributed by atoms with Gasteiger partial charge in [-0.25, -0.2) is 19.2 Å². The lowest BCUT2D eigenvalue weighted by atomic mass is 9.85. The predicted octanol–water partition coefficient (Wildman–Crippen LogP) is 3.46. The van der Waals surface area contributed by atoms with Crippen LogP contribution in [0.5, 0.6) is 0 Å². The first-order valence-electron chi connectivity index (χ1n) is 7.69. The minimum absolute atomic E-state index is 0.153. The Bertz CT molecular complexity index is 734. The van der Waals surface area contributed by atoms with Gasteiger partial charge >= 0.3 is 6.09 Å². The lowest BCUT2D eigenvalue weighted by Gasteiger charge is -2.35. The molecule has 0 aliphatic carbocycles. The molecular weight excluding hydrogens is 335 g/mol. The molecule has 24 heavy (non-hydrogen) atoms. The molecule has 1 amide bonds.